The summed E-state index contributed by atoms with van der Waals surface area (Å²) in [5.41, 5.74) is 3.66. The first-order valence-electron chi connectivity index (χ1n) is 8.45. The van der Waals surface area contributed by atoms with Crippen LogP contribution in [0.1, 0.15) is 22.3 Å². The van der Waals surface area contributed by atoms with Gasteiger partial charge in [-0.15, -0.1) is 0 Å². The third-order valence-corrected chi connectivity index (χ3v) is 4.39. The molecule has 2 aromatic carbocycles. The van der Waals surface area contributed by atoms with E-state index in [1.54, 1.807) is 31.4 Å². The lowest BCUT2D eigenvalue weighted by Gasteiger charge is -2.29. The second-order valence-electron chi connectivity index (χ2n) is 6.48. The summed E-state index contributed by atoms with van der Waals surface area (Å²) in [5.74, 6) is -0.687. The molecule has 0 radical (unpaired) electrons. The van der Waals surface area contributed by atoms with Gasteiger partial charge in [0.25, 0.3) is 11.8 Å². The number of rotatable bonds is 3. The zero-order chi connectivity index (χ0) is 19.7. The van der Waals surface area contributed by atoms with Crippen LogP contribution in [0.4, 0.5) is 10.5 Å². The highest BCUT2D eigenvalue weighted by Crippen LogP contribution is 2.29. The number of carbonyl (C=O) groups is 3. The van der Waals surface area contributed by atoms with Gasteiger partial charge in [-0.1, -0.05) is 29.8 Å². The molecule has 0 spiro atoms. The van der Waals surface area contributed by atoms with Crippen LogP contribution in [0.3, 0.4) is 0 Å². The average molecular weight is 364 g/mol. The van der Waals surface area contributed by atoms with Crippen molar-refractivity contribution in [1.82, 2.24) is 5.32 Å². The quantitative estimate of drug-likeness (QED) is 0.670. The largest absolute Gasteiger partial charge is 0.497 e. The molecule has 1 N–H and O–H groups in total. The van der Waals surface area contributed by atoms with Crippen molar-refractivity contribution < 1.29 is 19.1 Å². The van der Waals surface area contributed by atoms with Gasteiger partial charge in [0, 0.05) is 0 Å². The number of aryl methyl sites for hydroxylation is 3. The predicted molar refractivity (Wildman–Crippen MR) is 103 cm³/mol. The smallest absolute Gasteiger partial charge is 0.335 e. The molecule has 1 saturated heterocycles. The predicted octanol–water partition coefficient (Wildman–Crippen LogP) is 3.29. The Labute approximate surface area is 157 Å². The van der Waals surface area contributed by atoms with Crippen molar-refractivity contribution in [2.45, 2.75) is 20.8 Å². The average Bonchev–Trinajstić information content (AvgIpc) is 2.61. The maximum absolute atomic E-state index is 13.0. The lowest BCUT2D eigenvalue weighted by molar-refractivity contribution is -0.122. The molecule has 6 heteroatoms. The number of carbonyl (C=O) groups excluding carboxylic acids is 3. The second-order valence-corrected chi connectivity index (χ2v) is 6.48. The highest BCUT2D eigenvalue weighted by Gasteiger charge is 2.38. The summed E-state index contributed by atoms with van der Waals surface area (Å²) in [6.07, 6.45) is 1.47. The van der Waals surface area contributed by atoms with Crippen LogP contribution in [-0.4, -0.2) is 25.0 Å². The first-order chi connectivity index (χ1) is 12.8. The topological polar surface area (TPSA) is 75.7 Å². The molecule has 0 unspecified atom stereocenters. The molecule has 0 aromatic heterocycles. The number of methoxy groups -OCH3 is 1. The summed E-state index contributed by atoms with van der Waals surface area (Å²) in [6.45, 7) is 5.61. The Morgan fingerprint density at radius 3 is 2.11 bits per heavy atom. The summed E-state index contributed by atoms with van der Waals surface area (Å²) in [5, 5.41) is 2.25. The Morgan fingerprint density at radius 2 is 1.56 bits per heavy atom. The third kappa shape index (κ3) is 3.46. The number of imide groups is 2. The summed E-state index contributed by atoms with van der Waals surface area (Å²) in [7, 11) is 1.56. The molecule has 27 heavy (non-hydrogen) atoms. The van der Waals surface area contributed by atoms with Crippen molar-refractivity contribution in [3.8, 4) is 5.75 Å². The molecule has 1 aliphatic heterocycles. The normalized spacial score (nSPS) is 15.9. The number of ether oxygens (including phenoxy) is 1. The van der Waals surface area contributed by atoms with E-state index in [0.29, 0.717) is 17.0 Å². The van der Waals surface area contributed by atoms with E-state index in [1.165, 1.54) is 6.08 Å². The maximum atomic E-state index is 13.0. The van der Waals surface area contributed by atoms with Crippen LogP contribution in [0, 0.1) is 20.8 Å². The Hall–Kier alpha value is -3.41. The van der Waals surface area contributed by atoms with E-state index in [1.807, 2.05) is 32.9 Å². The number of hydrogen-bond donors (Lipinski definition) is 1. The molecule has 0 saturated carbocycles. The fourth-order valence-electron chi connectivity index (χ4n) is 3.25. The van der Waals surface area contributed by atoms with E-state index in [0.717, 1.165) is 21.6 Å². The van der Waals surface area contributed by atoms with Gasteiger partial charge in [-0.2, -0.15) is 0 Å². The Kier molecular flexibility index (Phi) is 4.81. The van der Waals surface area contributed by atoms with Crippen LogP contribution < -0.4 is 15.0 Å². The van der Waals surface area contributed by atoms with Gasteiger partial charge in [-0.3, -0.25) is 14.9 Å². The third-order valence-electron chi connectivity index (χ3n) is 4.39. The van der Waals surface area contributed by atoms with E-state index in [2.05, 4.69) is 5.32 Å². The van der Waals surface area contributed by atoms with Gasteiger partial charge in [0.05, 0.1) is 12.8 Å². The van der Waals surface area contributed by atoms with Crippen molar-refractivity contribution in [3.63, 3.8) is 0 Å². The SMILES string of the molecule is COc1ccc(/C=C2\C(=O)NC(=O)N(c3c(C)cc(C)cc3C)C2=O)cc1. The Morgan fingerprint density at radius 1 is 0.963 bits per heavy atom. The molecule has 138 valence electrons. The van der Waals surface area contributed by atoms with Gasteiger partial charge in [0.1, 0.15) is 11.3 Å². The van der Waals surface area contributed by atoms with Crippen LogP contribution in [0.2, 0.25) is 0 Å². The maximum Gasteiger partial charge on any atom is 0.335 e. The van der Waals surface area contributed by atoms with Crippen LogP contribution in [0.25, 0.3) is 6.08 Å². The number of nitrogens with one attached hydrogen (secondary N) is 1. The van der Waals surface area contributed by atoms with Crippen molar-refractivity contribution in [2.24, 2.45) is 0 Å². The lowest BCUT2D eigenvalue weighted by atomic mass is 10.0. The van der Waals surface area contributed by atoms with Gasteiger partial charge in [-0.25, -0.2) is 9.69 Å². The molecule has 1 fully saturated rings. The molecule has 0 atom stereocenters. The zero-order valence-electron chi connectivity index (χ0n) is 15.6. The van der Waals surface area contributed by atoms with Gasteiger partial charge in [0.2, 0.25) is 0 Å². The molecule has 0 bridgehead atoms. The van der Waals surface area contributed by atoms with Gasteiger partial charge < -0.3 is 4.74 Å². The van der Waals surface area contributed by atoms with Crippen molar-refractivity contribution >= 4 is 29.6 Å². The summed E-state index contributed by atoms with van der Waals surface area (Å²) in [6, 6.07) is 9.97. The molecule has 3 rings (SSSR count). The number of barbiturate groups is 1. The summed E-state index contributed by atoms with van der Waals surface area (Å²) >= 11 is 0. The molecular formula is C21H20N2O4. The fourth-order valence-corrected chi connectivity index (χ4v) is 3.25. The monoisotopic (exact) mass is 364 g/mol. The molecule has 2 aromatic rings. The fraction of sp³-hybridized carbons (Fsp3) is 0.190. The molecule has 6 nitrogen and oxygen atoms in total. The number of benzene rings is 2. The Bertz CT molecular complexity index is 951. The molecule has 4 amide bonds. The number of hydrogen-bond acceptors (Lipinski definition) is 4. The summed E-state index contributed by atoms with van der Waals surface area (Å²) in [4.78, 5) is 38.7. The van der Waals surface area contributed by atoms with Crippen LogP contribution in [-0.2, 0) is 9.59 Å². The Balaban J connectivity index is 2.05. The number of amides is 4. The lowest BCUT2D eigenvalue weighted by Crippen LogP contribution is -2.54. The van der Waals surface area contributed by atoms with Gasteiger partial charge in [-0.05, 0) is 55.7 Å². The van der Waals surface area contributed by atoms with Crippen molar-refractivity contribution in [3.05, 3.63) is 64.2 Å². The van der Waals surface area contributed by atoms with E-state index in [4.69, 9.17) is 4.74 Å². The molecule has 1 heterocycles. The van der Waals surface area contributed by atoms with E-state index >= 15 is 0 Å². The minimum atomic E-state index is -0.744. The number of anilines is 1. The molecule has 1 aliphatic rings. The van der Waals surface area contributed by atoms with Crippen molar-refractivity contribution in [2.75, 3.05) is 12.0 Å². The van der Waals surface area contributed by atoms with Gasteiger partial charge >= 0.3 is 6.03 Å². The summed E-state index contributed by atoms with van der Waals surface area (Å²) < 4.78 is 5.11. The standard InChI is InChI=1S/C21H20N2O4/c1-12-9-13(2)18(14(3)10-12)23-20(25)17(19(24)22-21(23)26)11-15-5-7-16(27-4)8-6-15/h5-11H,1-4H3,(H,22,24,26)/b17-11+. The first kappa shape index (κ1) is 18.4. The van der Waals surface area contributed by atoms with Crippen LogP contribution in [0.5, 0.6) is 5.75 Å². The van der Waals surface area contributed by atoms with Gasteiger partial charge in [0.15, 0.2) is 0 Å². The highest BCUT2D eigenvalue weighted by atomic mass is 16.5. The number of nitrogens with zero attached hydrogens (tertiary/aromatic N) is 1. The van der Waals surface area contributed by atoms with Crippen LogP contribution >= 0.6 is 0 Å². The molecular weight excluding hydrogens is 344 g/mol. The molecule has 0 aliphatic carbocycles. The van der Waals surface area contributed by atoms with E-state index in [9.17, 15) is 14.4 Å². The minimum Gasteiger partial charge on any atom is -0.497 e. The number of urea groups is 1. The zero-order valence-corrected chi connectivity index (χ0v) is 15.6. The second kappa shape index (κ2) is 7.07. The minimum absolute atomic E-state index is 0.0980. The highest BCUT2D eigenvalue weighted by molar-refractivity contribution is 6.39. The van der Waals surface area contributed by atoms with E-state index < -0.39 is 17.8 Å². The van der Waals surface area contributed by atoms with E-state index in [-0.39, 0.29) is 5.57 Å². The van der Waals surface area contributed by atoms with Crippen molar-refractivity contribution in [1.29, 1.82) is 0 Å². The first-order valence-corrected chi connectivity index (χ1v) is 8.45. The van der Waals surface area contributed by atoms with Crippen LogP contribution in [0.15, 0.2) is 42.0 Å².